The average molecular weight is 277 g/mol. The van der Waals surface area contributed by atoms with Gasteiger partial charge in [-0.3, -0.25) is 14.7 Å². The van der Waals surface area contributed by atoms with Crippen LogP contribution < -0.4 is 5.56 Å². The van der Waals surface area contributed by atoms with E-state index in [9.17, 15) is 9.59 Å². The fraction of sp³-hybridized carbons (Fsp3) is 0.500. The molecule has 2 rings (SSSR count). The lowest BCUT2D eigenvalue weighted by molar-refractivity contribution is -0.139. The number of carbonyl (C=O) groups excluding carboxylic acids is 1. The van der Waals surface area contributed by atoms with Crippen molar-refractivity contribution in [3.05, 3.63) is 33.4 Å². The van der Waals surface area contributed by atoms with Crippen molar-refractivity contribution in [2.45, 2.75) is 39.5 Å². The smallest absolute Gasteiger partial charge is 0.310 e. The predicted molar refractivity (Wildman–Crippen MR) is 75.0 cm³/mol. The van der Waals surface area contributed by atoms with E-state index in [1.165, 1.54) is 11.6 Å². The summed E-state index contributed by atoms with van der Waals surface area (Å²) in [6.07, 6.45) is -0.0685. The van der Waals surface area contributed by atoms with Gasteiger partial charge in [0, 0.05) is 22.9 Å². The van der Waals surface area contributed by atoms with E-state index in [4.69, 9.17) is 0 Å². The van der Waals surface area contributed by atoms with Crippen LogP contribution in [-0.4, -0.2) is 27.7 Å². The Balaban J connectivity index is 2.63. The number of methoxy groups -OCH3 is 1. The largest absolute Gasteiger partial charge is 0.469 e. The summed E-state index contributed by atoms with van der Waals surface area (Å²) in [6, 6.07) is 1.86. The van der Waals surface area contributed by atoms with Crippen molar-refractivity contribution in [2.75, 3.05) is 7.11 Å². The summed E-state index contributed by atoms with van der Waals surface area (Å²) in [4.78, 5) is 28.2. The minimum absolute atomic E-state index is 0.0685. The molecule has 2 aromatic heterocycles. The molecular weight excluding hydrogens is 258 g/mol. The fourth-order valence-corrected chi connectivity index (χ4v) is 1.97. The third kappa shape index (κ3) is 2.45. The second-order valence-electron chi connectivity index (χ2n) is 5.85. The van der Waals surface area contributed by atoms with E-state index >= 15 is 0 Å². The Morgan fingerprint density at radius 1 is 1.45 bits per heavy atom. The molecule has 20 heavy (non-hydrogen) atoms. The van der Waals surface area contributed by atoms with Gasteiger partial charge in [-0.05, 0) is 6.92 Å². The number of ether oxygens (including phenoxy) is 1. The van der Waals surface area contributed by atoms with Crippen molar-refractivity contribution in [1.29, 1.82) is 0 Å². The van der Waals surface area contributed by atoms with Crippen LogP contribution in [-0.2, 0) is 21.4 Å². The second-order valence-corrected chi connectivity index (χ2v) is 5.85. The highest BCUT2D eigenvalue weighted by atomic mass is 16.5. The maximum atomic E-state index is 12.4. The molecule has 0 bridgehead atoms. The van der Waals surface area contributed by atoms with Crippen LogP contribution in [0.25, 0.3) is 5.65 Å². The standard InChI is InChI=1S/C14H19N3O3/c1-8-9(6-12(18)20-5)13(19)17-11(15-8)7-10(16-17)14(2,3)4/h7,16H,6H2,1-5H3. The Morgan fingerprint density at radius 2 is 2.10 bits per heavy atom. The molecule has 2 heterocycles. The first-order valence-electron chi connectivity index (χ1n) is 6.42. The van der Waals surface area contributed by atoms with Crippen LogP contribution in [0.15, 0.2) is 10.9 Å². The molecule has 0 spiro atoms. The number of esters is 1. The zero-order valence-corrected chi connectivity index (χ0v) is 12.4. The maximum absolute atomic E-state index is 12.4. The number of carbonyl (C=O) groups is 1. The number of hydrogen-bond donors (Lipinski definition) is 1. The summed E-state index contributed by atoms with van der Waals surface area (Å²) in [5.41, 5.74) is 2.02. The average Bonchev–Trinajstić information content (AvgIpc) is 2.78. The van der Waals surface area contributed by atoms with E-state index in [0.29, 0.717) is 16.9 Å². The SMILES string of the molecule is COC(=O)Cc1c(C)nc2cc(C(C)(C)C)[nH]n2c1=O. The van der Waals surface area contributed by atoms with Crippen molar-refractivity contribution in [1.82, 2.24) is 14.6 Å². The Labute approximate surface area is 116 Å². The van der Waals surface area contributed by atoms with Crippen LogP contribution in [0.1, 0.15) is 37.7 Å². The molecule has 6 nitrogen and oxygen atoms in total. The second kappa shape index (κ2) is 4.77. The van der Waals surface area contributed by atoms with Crippen molar-refractivity contribution in [3.8, 4) is 0 Å². The summed E-state index contributed by atoms with van der Waals surface area (Å²) in [7, 11) is 1.30. The van der Waals surface area contributed by atoms with Crippen molar-refractivity contribution >= 4 is 11.6 Å². The first-order valence-corrected chi connectivity index (χ1v) is 6.42. The first-order chi connectivity index (χ1) is 9.24. The monoisotopic (exact) mass is 277 g/mol. The molecule has 0 saturated heterocycles. The highest BCUT2D eigenvalue weighted by molar-refractivity contribution is 5.72. The van der Waals surface area contributed by atoms with E-state index in [1.54, 1.807) is 6.92 Å². The molecule has 2 aromatic rings. The van der Waals surface area contributed by atoms with E-state index in [1.807, 2.05) is 26.8 Å². The summed E-state index contributed by atoms with van der Waals surface area (Å²) >= 11 is 0. The lowest BCUT2D eigenvalue weighted by Gasteiger charge is -2.14. The fourth-order valence-electron chi connectivity index (χ4n) is 1.97. The number of nitrogens with one attached hydrogen (secondary N) is 1. The van der Waals surface area contributed by atoms with Crippen LogP contribution in [0.4, 0.5) is 0 Å². The molecule has 6 heteroatoms. The topological polar surface area (TPSA) is 76.5 Å². The lowest BCUT2D eigenvalue weighted by atomic mass is 9.93. The van der Waals surface area contributed by atoms with Gasteiger partial charge in [0.05, 0.1) is 19.1 Å². The first kappa shape index (κ1) is 14.3. The van der Waals surface area contributed by atoms with Gasteiger partial charge in [-0.25, -0.2) is 9.50 Å². The molecule has 0 aromatic carbocycles. The third-order valence-corrected chi connectivity index (χ3v) is 3.27. The van der Waals surface area contributed by atoms with Crippen LogP contribution >= 0.6 is 0 Å². The number of fused-ring (bicyclic) bond motifs is 1. The van der Waals surface area contributed by atoms with Gasteiger partial charge in [0.15, 0.2) is 5.65 Å². The van der Waals surface area contributed by atoms with Crippen LogP contribution in [0, 0.1) is 6.92 Å². The van der Waals surface area contributed by atoms with Gasteiger partial charge in [-0.15, -0.1) is 0 Å². The molecule has 0 amide bonds. The summed E-state index contributed by atoms with van der Waals surface area (Å²) in [5, 5.41) is 3.05. The van der Waals surface area contributed by atoms with Crippen molar-refractivity contribution < 1.29 is 9.53 Å². The normalized spacial score (nSPS) is 11.8. The quantitative estimate of drug-likeness (QED) is 0.840. The van der Waals surface area contributed by atoms with E-state index in [0.717, 1.165) is 5.69 Å². The Morgan fingerprint density at radius 3 is 2.65 bits per heavy atom. The van der Waals surface area contributed by atoms with Gasteiger partial charge in [0.1, 0.15) is 0 Å². The summed E-state index contributed by atoms with van der Waals surface area (Å²) < 4.78 is 5.99. The molecule has 0 unspecified atom stereocenters. The number of H-pyrrole nitrogens is 1. The van der Waals surface area contributed by atoms with Gasteiger partial charge < -0.3 is 4.74 Å². The lowest BCUT2D eigenvalue weighted by Crippen LogP contribution is -2.25. The minimum Gasteiger partial charge on any atom is -0.469 e. The van der Waals surface area contributed by atoms with Gasteiger partial charge in [0.2, 0.25) is 0 Å². The number of hydrogen-bond acceptors (Lipinski definition) is 4. The van der Waals surface area contributed by atoms with Gasteiger partial charge in [-0.1, -0.05) is 20.8 Å². The van der Waals surface area contributed by atoms with Crippen molar-refractivity contribution in [3.63, 3.8) is 0 Å². The molecular formula is C14H19N3O3. The number of aromatic amines is 1. The van der Waals surface area contributed by atoms with E-state index in [-0.39, 0.29) is 17.4 Å². The van der Waals surface area contributed by atoms with Gasteiger partial charge >= 0.3 is 5.97 Å². The molecule has 0 aliphatic carbocycles. The van der Waals surface area contributed by atoms with E-state index in [2.05, 4.69) is 14.8 Å². The van der Waals surface area contributed by atoms with Crippen LogP contribution in [0.2, 0.25) is 0 Å². The number of nitrogens with zero attached hydrogens (tertiary/aromatic N) is 2. The predicted octanol–water partition coefficient (Wildman–Crippen LogP) is 1.34. The van der Waals surface area contributed by atoms with E-state index < -0.39 is 5.97 Å². The molecule has 0 atom stereocenters. The molecule has 1 N–H and O–H groups in total. The Kier molecular flexibility index (Phi) is 3.41. The highest BCUT2D eigenvalue weighted by Crippen LogP contribution is 2.21. The van der Waals surface area contributed by atoms with Crippen LogP contribution in [0.5, 0.6) is 0 Å². The third-order valence-electron chi connectivity index (χ3n) is 3.27. The number of aromatic nitrogens is 3. The highest BCUT2D eigenvalue weighted by Gasteiger charge is 2.20. The number of rotatable bonds is 2. The molecule has 0 saturated carbocycles. The van der Waals surface area contributed by atoms with Crippen molar-refractivity contribution in [2.24, 2.45) is 0 Å². The molecule has 108 valence electrons. The zero-order chi connectivity index (χ0) is 15.1. The van der Waals surface area contributed by atoms with Gasteiger partial charge in [0.25, 0.3) is 5.56 Å². The summed E-state index contributed by atoms with van der Waals surface area (Å²) in [6.45, 7) is 7.87. The minimum atomic E-state index is -0.449. The maximum Gasteiger partial charge on any atom is 0.310 e. The molecule has 0 fully saturated rings. The molecule has 0 aliphatic heterocycles. The Hall–Kier alpha value is -2.11. The summed E-state index contributed by atoms with van der Waals surface area (Å²) in [5.74, 6) is -0.449. The molecule has 0 aliphatic rings. The Bertz CT molecular complexity index is 720. The zero-order valence-electron chi connectivity index (χ0n) is 12.4. The van der Waals surface area contributed by atoms with Crippen LogP contribution in [0.3, 0.4) is 0 Å². The van der Waals surface area contributed by atoms with Gasteiger partial charge in [-0.2, -0.15) is 0 Å². The molecule has 0 radical (unpaired) electrons. The number of aryl methyl sites for hydroxylation is 1.